The van der Waals surface area contributed by atoms with Crippen LogP contribution in [0.1, 0.15) is 12.8 Å². The van der Waals surface area contributed by atoms with Gasteiger partial charge in [0.05, 0.1) is 11.7 Å². The molecule has 1 saturated heterocycles. The molecule has 2 aliphatic rings. The Hall–Kier alpha value is -1.43. The van der Waals surface area contributed by atoms with E-state index in [0.29, 0.717) is 22.1 Å². The van der Waals surface area contributed by atoms with Gasteiger partial charge in [0, 0.05) is 22.0 Å². The zero-order chi connectivity index (χ0) is 14.4. The molecule has 1 aliphatic heterocycles. The van der Waals surface area contributed by atoms with Crippen molar-refractivity contribution in [2.45, 2.75) is 24.9 Å². The first kappa shape index (κ1) is 13.2. The topological polar surface area (TPSA) is 54.0 Å². The van der Waals surface area contributed by atoms with Crippen molar-refractivity contribution in [3.8, 4) is 11.3 Å². The van der Waals surface area contributed by atoms with E-state index in [4.69, 9.17) is 11.6 Å². The molecule has 2 heterocycles. The number of hydrogen-bond donors (Lipinski definition) is 2. The van der Waals surface area contributed by atoms with Gasteiger partial charge in [-0.15, -0.1) is 11.3 Å². The van der Waals surface area contributed by atoms with Gasteiger partial charge in [0.1, 0.15) is 0 Å². The van der Waals surface area contributed by atoms with Crippen molar-refractivity contribution >= 4 is 34.0 Å². The highest BCUT2D eigenvalue weighted by Gasteiger charge is 2.47. The van der Waals surface area contributed by atoms with Crippen molar-refractivity contribution in [2.75, 3.05) is 5.32 Å². The van der Waals surface area contributed by atoms with E-state index in [-0.39, 0.29) is 11.9 Å². The molecule has 2 fully saturated rings. The summed E-state index contributed by atoms with van der Waals surface area (Å²) in [4.78, 5) is 16.6. The SMILES string of the molecule is O=C(Nc1nc(-c2ccccc2Cl)cs1)[C@@H]1C[C@H]2C[C@H]2N1. The lowest BCUT2D eigenvalue weighted by atomic mass is 10.2. The first-order chi connectivity index (χ1) is 10.2. The summed E-state index contributed by atoms with van der Waals surface area (Å²) in [7, 11) is 0. The number of hydrogen-bond acceptors (Lipinski definition) is 4. The van der Waals surface area contributed by atoms with Gasteiger partial charge in [0.25, 0.3) is 0 Å². The Morgan fingerprint density at radius 2 is 2.24 bits per heavy atom. The van der Waals surface area contributed by atoms with Crippen molar-refractivity contribution in [1.29, 1.82) is 0 Å². The molecular formula is C15H14ClN3OS. The standard InChI is InChI=1S/C15H14ClN3OS/c16-10-4-2-1-3-9(10)13-7-21-15(18-13)19-14(20)12-6-8-5-11(8)17-12/h1-4,7-8,11-12,17H,5-6H2,(H,18,19,20)/t8-,11-,12+/m1/s1. The molecule has 1 saturated carbocycles. The van der Waals surface area contributed by atoms with Crippen molar-refractivity contribution in [3.63, 3.8) is 0 Å². The van der Waals surface area contributed by atoms with Crippen molar-refractivity contribution in [3.05, 3.63) is 34.7 Å². The monoisotopic (exact) mass is 319 g/mol. The molecule has 21 heavy (non-hydrogen) atoms. The highest BCUT2D eigenvalue weighted by molar-refractivity contribution is 7.14. The zero-order valence-corrected chi connectivity index (χ0v) is 12.7. The smallest absolute Gasteiger partial charge is 0.243 e. The van der Waals surface area contributed by atoms with Crippen molar-refractivity contribution in [2.24, 2.45) is 5.92 Å². The van der Waals surface area contributed by atoms with Crippen LogP contribution in [0.4, 0.5) is 5.13 Å². The first-order valence-electron chi connectivity index (χ1n) is 6.98. The number of anilines is 1. The molecule has 4 rings (SSSR count). The van der Waals surface area contributed by atoms with Crippen molar-refractivity contribution in [1.82, 2.24) is 10.3 Å². The van der Waals surface area contributed by atoms with E-state index in [1.54, 1.807) is 0 Å². The zero-order valence-electron chi connectivity index (χ0n) is 11.2. The maximum atomic E-state index is 12.2. The third-order valence-electron chi connectivity index (χ3n) is 4.08. The number of carbonyl (C=O) groups excluding carboxylic acids is 1. The fraction of sp³-hybridized carbons (Fsp3) is 0.333. The number of piperidine rings is 1. The molecule has 6 heteroatoms. The van der Waals surface area contributed by atoms with Crippen LogP contribution in [0.3, 0.4) is 0 Å². The molecule has 3 atom stereocenters. The Bertz CT molecular complexity index is 692. The highest BCUT2D eigenvalue weighted by Crippen LogP contribution is 2.41. The van der Waals surface area contributed by atoms with E-state index in [0.717, 1.165) is 17.7 Å². The Morgan fingerprint density at radius 1 is 1.38 bits per heavy atom. The van der Waals surface area contributed by atoms with Crippen LogP contribution in [0, 0.1) is 5.92 Å². The third-order valence-corrected chi connectivity index (χ3v) is 5.16. The molecule has 0 spiro atoms. The lowest BCUT2D eigenvalue weighted by Gasteiger charge is -2.11. The van der Waals surface area contributed by atoms with Gasteiger partial charge in [-0.3, -0.25) is 4.79 Å². The number of rotatable bonds is 3. The number of halogens is 1. The Balaban J connectivity index is 1.47. The fourth-order valence-corrected chi connectivity index (χ4v) is 3.79. The maximum absolute atomic E-state index is 12.2. The summed E-state index contributed by atoms with van der Waals surface area (Å²) in [5, 5.41) is 9.44. The van der Waals surface area contributed by atoms with Gasteiger partial charge in [-0.1, -0.05) is 29.8 Å². The minimum absolute atomic E-state index is 0.0160. The van der Waals surface area contributed by atoms with Crippen LogP contribution in [0.15, 0.2) is 29.6 Å². The maximum Gasteiger partial charge on any atom is 0.243 e. The van der Waals surface area contributed by atoms with E-state index >= 15 is 0 Å². The van der Waals surface area contributed by atoms with E-state index < -0.39 is 0 Å². The second-order valence-electron chi connectivity index (χ2n) is 5.56. The fourth-order valence-electron chi connectivity index (χ4n) is 2.84. The molecule has 1 aromatic heterocycles. The summed E-state index contributed by atoms with van der Waals surface area (Å²) < 4.78 is 0. The van der Waals surface area contributed by atoms with Gasteiger partial charge in [-0.2, -0.15) is 0 Å². The van der Waals surface area contributed by atoms with E-state index in [2.05, 4.69) is 15.6 Å². The molecule has 0 unspecified atom stereocenters. The Labute approximate surface area is 131 Å². The molecular weight excluding hydrogens is 306 g/mol. The lowest BCUT2D eigenvalue weighted by Crippen LogP contribution is -2.37. The number of aromatic nitrogens is 1. The summed E-state index contributed by atoms with van der Waals surface area (Å²) in [5.41, 5.74) is 1.68. The minimum Gasteiger partial charge on any atom is -0.303 e. The third kappa shape index (κ3) is 2.57. The van der Waals surface area contributed by atoms with Crippen molar-refractivity contribution < 1.29 is 4.79 Å². The first-order valence-corrected chi connectivity index (χ1v) is 8.24. The highest BCUT2D eigenvalue weighted by atomic mass is 35.5. The molecule has 1 aromatic carbocycles. The van der Waals surface area contributed by atoms with Gasteiger partial charge < -0.3 is 10.6 Å². The molecule has 4 nitrogen and oxygen atoms in total. The average molecular weight is 320 g/mol. The number of benzene rings is 1. The predicted octanol–water partition coefficient (Wildman–Crippen LogP) is 3.15. The van der Waals surface area contributed by atoms with Gasteiger partial charge in [-0.05, 0) is 24.8 Å². The Morgan fingerprint density at radius 3 is 3.00 bits per heavy atom. The van der Waals surface area contributed by atoms with E-state index in [1.807, 2.05) is 29.6 Å². The minimum atomic E-state index is -0.0681. The van der Waals surface area contributed by atoms with Gasteiger partial charge in [0.15, 0.2) is 5.13 Å². The molecule has 108 valence electrons. The number of nitrogens with zero attached hydrogens (tertiary/aromatic N) is 1. The van der Waals surface area contributed by atoms with Crippen LogP contribution in [0.2, 0.25) is 5.02 Å². The molecule has 0 bridgehead atoms. The second kappa shape index (κ2) is 5.09. The average Bonchev–Trinajstić information content (AvgIpc) is 2.89. The molecule has 2 aromatic rings. The lowest BCUT2D eigenvalue weighted by molar-refractivity contribution is -0.118. The van der Waals surface area contributed by atoms with Gasteiger partial charge in [-0.25, -0.2) is 4.98 Å². The number of nitrogens with one attached hydrogen (secondary N) is 2. The largest absolute Gasteiger partial charge is 0.303 e. The van der Waals surface area contributed by atoms with E-state index in [1.165, 1.54) is 17.8 Å². The predicted molar refractivity (Wildman–Crippen MR) is 84.6 cm³/mol. The quantitative estimate of drug-likeness (QED) is 0.913. The summed E-state index contributed by atoms with van der Waals surface area (Å²) in [6.07, 6.45) is 2.16. The van der Waals surface area contributed by atoms with Crippen LogP contribution in [0.25, 0.3) is 11.3 Å². The second-order valence-corrected chi connectivity index (χ2v) is 6.83. The van der Waals surface area contributed by atoms with Crippen LogP contribution in [0.5, 0.6) is 0 Å². The van der Waals surface area contributed by atoms with Crippen LogP contribution < -0.4 is 10.6 Å². The summed E-state index contributed by atoms with van der Waals surface area (Å²) in [5.74, 6) is 0.720. The van der Waals surface area contributed by atoms with Crippen LogP contribution in [-0.2, 0) is 4.79 Å². The molecule has 2 N–H and O–H groups in total. The summed E-state index contributed by atoms with van der Waals surface area (Å²) in [6.45, 7) is 0. The molecule has 1 aliphatic carbocycles. The van der Waals surface area contributed by atoms with Gasteiger partial charge in [0.2, 0.25) is 5.91 Å². The van der Waals surface area contributed by atoms with E-state index in [9.17, 15) is 4.79 Å². The van der Waals surface area contributed by atoms with Gasteiger partial charge >= 0.3 is 0 Å². The molecule has 0 radical (unpaired) electrons. The summed E-state index contributed by atoms with van der Waals surface area (Å²) >= 11 is 7.59. The Kier molecular flexibility index (Phi) is 3.21. The van der Waals surface area contributed by atoms with Crippen LogP contribution in [-0.4, -0.2) is 23.0 Å². The summed E-state index contributed by atoms with van der Waals surface area (Å²) in [6, 6.07) is 8.07. The normalized spacial score (nSPS) is 26.4. The number of fused-ring (bicyclic) bond motifs is 1. The van der Waals surface area contributed by atoms with Crippen LogP contribution >= 0.6 is 22.9 Å². The number of amides is 1. The number of thiazole rings is 1. The number of carbonyl (C=O) groups is 1. The molecule has 1 amide bonds.